The Bertz CT molecular complexity index is 628. The van der Waals surface area contributed by atoms with Gasteiger partial charge in [-0.3, -0.25) is 4.79 Å². The number of nitrogens with one attached hydrogen (secondary N) is 1. The summed E-state index contributed by atoms with van der Waals surface area (Å²) in [6.07, 6.45) is 2.62. The predicted molar refractivity (Wildman–Crippen MR) is 86.0 cm³/mol. The molecule has 0 aliphatic heterocycles. The van der Waals surface area contributed by atoms with Crippen LogP contribution in [0.15, 0.2) is 36.9 Å². The van der Waals surface area contributed by atoms with E-state index in [1.54, 1.807) is 13.2 Å². The number of ether oxygens (including phenoxy) is 1. The lowest BCUT2D eigenvalue weighted by molar-refractivity contribution is -0.132. The predicted octanol–water partition coefficient (Wildman–Crippen LogP) is 1.15. The molecule has 6 nitrogen and oxygen atoms in total. The van der Waals surface area contributed by atoms with Gasteiger partial charge in [-0.25, -0.2) is 13.1 Å². The van der Waals surface area contributed by atoms with E-state index in [1.807, 2.05) is 24.3 Å². The van der Waals surface area contributed by atoms with Crippen molar-refractivity contribution in [1.29, 1.82) is 0 Å². The molecule has 0 fully saturated rings. The number of para-hydroxylation sites is 1. The largest absolute Gasteiger partial charge is 0.496 e. The molecule has 0 unspecified atom stereocenters. The van der Waals surface area contributed by atoms with Crippen LogP contribution in [0, 0.1) is 0 Å². The minimum Gasteiger partial charge on any atom is -0.496 e. The van der Waals surface area contributed by atoms with Crippen LogP contribution in [0.25, 0.3) is 0 Å². The highest BCUT2D eigenvalue weighted by Gasteiger charge is 2.23. The second kappa shape index (κ2) is 7.95. The molecule has 0 saturated carbocycles. The first-order valence-corrected chi connectivity index (χ1v) is 8.66. The second-order valence-electron chi connectivity index (χ2n) is 4.93. The van der Waals surface area contributed by atoms with E-state index in [4.69, 9.17) is 4.74 Å². The number of benzene rings is 1. The van der Waals surface area contributed by atoms with Crippen molar-refractivity contribution in [1.82, 2.24) is 9.62 Å². The van der Waals surface area contributed by atoms with Crippen LogP contribution in [0.2, 0.25) is 0 Å². The molecule has 0 spiro atoms. The molecule has 1 atom stereocenters. The summed E-state index contributed by atoms with van der Waals surface area (Å²) in [4.78, 5) is 13.9. The molecule has 1 aromatic rings. The van der Waals surface area contributed by atoms with Gasteiger partial charge in [-0.1, -0.05) is 24.3 Å². The number of carbonyl (C=O) groups excluding carboxylic acids is 1. The van der Waals surface area contributed by atoms with Crippen LogP contribution < -0.4 is 9.46 Å². The molecule has 0 aliphatic rings. The van der Waals surface area contributed by atoms with Crippen molar-refractivity contribution >= 4 is 15.9 Å². The van der Waals surface area contributed by atoms with Gasteiger partial charge in [0.15, 0.2) is 0 Å². The van der Waals surface area contributed by atoms with Gasteiger partial charge < -0.3 is 9.64 Å². The molecule has 0 aliphatic carbocycles. The lowest BCUT2D eigenvalue weighted by atomic mass is 10.1. The molecule has 1 amide bonds. The fraction of sp³-hybridized carbons (Fsp3) is 0.400. The van der Waals surface area contributed by atoms with Crippen LogP contribution in [-0.2, 0) is 21.4 Å². The van der Waals surface area contributed by atoms with Gasteiger partial charge in [-0.05, 0) is 13.0 Å². The van der Waals surface area contributed by atoms with Crippen LogP contribution >= 0.6 is 0 Å². The third-order valence-electron chi connectivity index (χ3n) is 2.98. The zero-order valence-corrected chi connectivity index (χ0v) is 13.9. The Morgan fingerprint density at radius 3 is 2.64 bits per heavy atom. The summed E-state index contributed by atoms with van der Waals surface area (Å²) in [6, 6.07) is 6.52. The highest BCUT2D eigenvalue weighted by Crippen LogP contribution is 2.19. The smallest absolute Gasteiger partial charge is 0.241 e. The van der Waals surface area contributed by atoms with Crippen molar-refractivity contribution in [3.8, 4) is 5.75 Å². The normalized spacial score (nSPS) is 12.5. The van der Waals surface area contributed by atoms with Gasteiger partial charge in [0.1, 0.15) is 5.75 Å². The summed E-state index contributed by atoms with van der Waals surface area (Å²) in [7, 11) is -1.89. The first-order valence-electron chi connectivity index (χ1n) is 6.77. The van der Waals surface area contributed by atoms with E-state index in [2.05, 4.69) is 11.3 Å². The molecule has 0 radical (unpaired) electrons. The van der Waals surface area contributed by atoms with Gasteiger partial charge >= 0.3 is 0 Å². The molecule has 122 valence electrons. The van der Waals surface area contributed by atoms with Crippen molar-refractivity contribution in [2.75, 3.05) is 19.9 Å². The van der Waals surface area contributed by atoms with E-state index >= 15 is 0 Å². The van der Waals surface area contributed by atoms with Crippen molar-refractivity contribution in [2.24, 2.45) is 0 Å². The first-order chi connectivity index (χ1) is 10.3. The Hall–Kier alpha value is -1.86. The standard InChI is InChI=1S/C15H22N2O4S/c1-5-10-17(15(18)12(2)16-22(4,19)20)11-13-8-6-7-9-14(13)21-3/h5-9,12,16H,1,10-11H2,2-4H3/t12-/m1/s1. The van der Waals surface area contributed by atoms with Crippen molar-refractivity contribution < 1.29 is 17.9 Å². The molecule has 1 rings (SSSR count). The molecule has 0 aromatic heterocycles. The Balaban J connectivity index is 2.93. The number of sulfonamides is 1. The number of rotatable bonds is 8. The SMILES string of the molecule is C=CCN(Cc1ccccc1OC)C(=O)[C@@H](C)NS(C)(=O)=O. The summed E-state index contributed by atoms with van der Waals surface area (Å²) < 4.78 is 30.1. The maximum absolute atomic E-state index is 12.4. The minimum atomic E-state index is -3.45. The molecular formula is C15H22N2O4S. The number of amides is 1. The molecule has 1 N–H and O–H groups in total. The van der Waals surface area contributed by atoms with E-state index in [9.17, 15) is 13.2 Å². The van der Waals surface area contributed by atoms with Crippen LogP contribution in [-0.4, -0.2) is 45.2 Å². The van der Waals surface area contributed by atoms with Gasteiger partial charge in [-0.2, -0.15) is 0 Å². The Kier molecular flexibility index (Phi) is 6.58. The van der Waals surface area contributed by atoms with Crippen LogP contribution in [0.5, 0.6) is 5.75 Å². The number of methoxy groups -OCH3 is 1. The number of hydrogen-bond acceptors (Lipinski definition) is 4. The van der Waals surface area contributed by atoms with E-state index in [0.29, 0.717) is 18.8 Å². The Labute approximate surface area is 131 Å². The average Bonchev–Trinajstić information content (AvgIpc) is 2.44. The fourth-order valence-electron chi connectivity index (χ4n) is 2.07. The zero-order chi connectivity index (χ0) is 16.8. The molecule has 0 saturated heterocycles. The molecule has 1 aromatic carbocycles. The van der Waals surface area contributed by atoms with Crippen LogP contribution in [0.4, 0.5) is 0 Å². The maximum Gasteiger partial charge on any atom is 0.241 e. The van der Waals surface area contributed by atoms with Gasteiger partial charge in [0.25, 0.3) is 0 Å². The summed E-state index contributed by atoms with van der Waals surface area (Å²) in [5, 5.41) is 0. The first kappa shape index (κ1) is 18.2. The van der Waals surface area contributed by atoms with E-state index < -0.39 is 16.1 Å². The quantitative estimate of drug-likeness (QED) is 0.727. The lowest BCUT2D eigenvalue weighted by Crippen LogP contribution is -2.46. The summed E-state index contributed by atoms with van der Waals surface area (Å²) >= 11 is 0. The molecule has 7 heteroatoms. The molecule has 0 heterocycles. The number of carbonyl (C=O) groups is 1. The molecule has 22 heavy (non-hydrogen) atoms. The van der Waals surface area contributed by atoms with Gasteiger partial charge in [0.2, 0.25) is 15.9 Å². The molecular weight excluding hydrogens is 304 g/mol. The molecule has 0 bridgehead atoms. The Morgan fingerprint density at radius 1 is 1.45 bits per heavy atom. The van der Waals surface area contributed by atoms with Crippen molar-refractivity contribution in [2.45, 2.75) is 19.5 Å². The highest BCUT2D eigenvalue weighted by molar-refractivity contribution is 7.88. The van der Waals surface area contributed by atoms with Crippen molar-refractivity contribution in [3.05, 3.63) is 42.5 Å². The summed E-state index contributed by atoms with van der Waals surface area (Å²) in [5.74, 6) is 0.351. The van der Waals surface area contributed by atoms with Gasteiger partial charge in [0.05, 0.1) is 19.4 Å². The Morgan fingerprint density at radius 2 is 2.09 bits per heavy atom. The van der Waals surface area contributed by atoms with Crippen molar-refractivity contribution in [3.63, 3.8) is 0 Å². The zero-order valence-electron chi connectivity index (χ0n) is 13.1. The second-order valence-corrected chi connectivity index (χ2v) is 6.71. The fourth-order valence-corrected chi connectivity index (χ4v) is 2.82. The van der Waals surface area contributed by atoms with E-state index in [-0.39, 0.29) is 5.91 Å². The van der Waals surface area contributed by atoms with Gasteiger partial charge in [-0.15, -0.1) is 6.58 Å². The van der Waals surface area contributed by atoms with Gasteiger partial charge in [0, 0.05) is 18.7 Å². The van der Waals surface area contributed by atoms with E-state index in [0.717, 1.165) is 11.8 Å². The van der Waals surface area contributed by atoms with E-state index in [1.165, 1.54) is 11.8 Å². The maximum atomic E-state index is 12.4. The minimum absolute atomic E-state index is 0.310. The van der Waals surface area contributed by atoms with Crippen LogP contribution in [0.3, 0.4) is 0 Å². The monoisotopic (exact) mass is 326 g/mol. The third kappa shape index (κ3) is 5.50. The number of nitrogens with zero attached hydrogens (tertiary/aromatic N) is 1. The topological polar surface area (TPSA) is 75.7 Å². The average molecular weight is 326 g/mol. The summed E-state index contributed by atoms with van der Waals surface area (Å²) in [5.41, 5.74) is 0.840. The van der Waals surface area contributed by atoms with Crippen LogP contribution in [0.1, 0.15) is 12.5 Å². The lowest BCUT2D eigenvalue weighted by Gasteiger charge is -2.25. The third-order valence-corrected chi connectivity index (χ3v) is 3.76. The summed E-state index contributed by atoms with van der Waals surface area (Å²) in [6.45, 7) is 5.78. The highest BCUT2D eigenvalue weighted by atomic mass is 32.2. The number of hydrogen-bond donors (Lipinski definition) is 1.